The molecule has 1 aromatic heterocycles. The number of halogens is 3. The summed E-state index contributed by atoms with van der Waals surface area (Å²) < 4.78 is 39.3. The van der Waals surface area contributed by atoms with Crippen LogP contribution < -0.4 is 0 Å². The summed E-state index contributed by atoms with van der Waals surface area (Å²) in [6.07, 6.45) is -4.07. The van der Waals surface area contributed by atoms with Gasteiger partial charge in [0.1, 0.15) is 0 Å². The normalized spacial score (nSPS) is 12.0. The summed E-state index contributed by atoms with van der Waals surface area (Å²) in [4.78, 5) is 1.17. The largest absolute Gasteiger partial charge is 0.401 e. The third-order valence-electron chi connectivity index (χ3n) is 2.94. The van der Waals surface area contributed by atoms with E-state index in [4.69, 9.17) is 5.11 Å². The van der Waals surface area contributed by atoms with Gasteiger partial charge in [-0.1, -0.05) is 18.2 Å². The molecule has 0 aliphatic rings. The molecule has 120 valence electrons. The monoisotopic (exact) mass is 315 g/mol. The van der Waals surface area contributed by atoms with Gasteiger partial charge < -0.3 is 5.11 Å². The Kier molecular flexibility index (Phi) is 5.45. The highest BCUT2D eigenvalue weighted by Gasteiger charge is 2.31. The molecule has 0 bridgehead atoms. The number of tetrazole rings is 1. The number of aliphatic hydroxyl groups is 1. The maximum atomic E-state index is 12.6. The molecule has 2 rings (SSSR count). The first-order valence-corrected chi connectivity index (χ1v) is 6.72. The van der Waals surface area contributed by atoms with Gasteiger partial charge >= 0.3 is 6.18 Å². The molecule has 0 amide bonds. The zero-order valence-corrected chi connectivity index (χ0v) is 11.7. The van der Waals surface area contributed by atoms with E-state index < -0.39 is 12.7 Å². The van der Waals surface area contributed by atoms with Crippen molar-refractivity contribution in [1.82, 2.24) is 25.1 Å². The minimum absolute atomic E-state index is 0.0542. The summed E-state index contributed by atoms with van der Waals surface area (Å²) in [5.41, 5.74) is 0.677. The highest BCUT2D eigenvalue weighted by molar-refractivity contribution is 5.30. The second kappa shape index (κ2) is 7.32. The molecule has 0 saturated heterocycles. The van der Waals surface area contributed by atoms with Crippen molar-refractivity contribution in [2.24, 2.45) is 0 Å². The highest BCUT2D eigenvalue weighted by Crippen LogP contribution is 2.18. The van der Waals surface area contributed by atoms with Crippen molar-refractivity contribution in [3.63, 3.8) is 0 Å². The molecule has 2 aromatic rings. The Balaban J connectivity index is 2.15. The van der Waals surface area contributed by atoms with Crippen molar-refractivity contribution < 1.29 is 18.3 Å². The van der Waals surface area contributed by atoms with Gasteiger partial charge in [0, 0.05) is 13.2 Å². The molecule has 0 fully saturated rings. The Morgan fingerprint density at radius 3 is 2.55 bits per heavy atom. The van der Waals surface area contributed by atoms with Crippen LogP contribution in [0.2, 0.25) is 0 Å². The van der Waals surface area contributed by atoms with Crippen LogP contribution in [0.5, 0.6) is 0 Å². The number of alkyl halides is 3. The Labute approximate surface area is 125 Å². The summed E-state index contributed by atoms with van der Waals surface area (Å²) in [5, 5.41) is 20.0. The van der Waals surface area contributed by atoms with E-state index in [9.17, 15) is 13.2 Å². The Hall–Kier alpha value is -2.00. The van der Waals surface area contributed by atoms with Crippen LogP contribution in [-0.2, 0) is 6.54 Å². The van der Waals surface area contributed by atoms with Gasteiger partial charge in [-0.2, -0.15) is 17.9 Å². The number of rotatable bonds is 7. The molecule has 0 spiro atoms. The van der Waals surface area contributed by atoms with Crippen molar-refractivity contribution in [3.8, 4) is 5.69 Å². The lowest BCUT2D eigenvalue weighted by atomic mass is 10.3. The van der Waals surface area contributed by atoms with Gasteiger partial charge in [0.05, 0.1) is 18.8 Å². The SMILES string of the molecule is OCCCN(Cc1nnnn1-c1ccccc1)CC(F)(F)F. The predicted molar refractivity (Wildman–Crippen MR) is 72.2 cm³/mol. The topological polar surface area (TPSA) is 67.1 Å². The summed E-state index contributed by atoms with van der Waals surface area (Å²) in [6, 6.07) is 8.94. The van der Waals surface area contributed by atoms with Crippen LogP contribution >= 0.6 is 0 Å². The average molecular weight is 315 g/mol. The number of hydrogen-bond donors (Lipinski definition) is 1. The summed E-state index contributed by atoms with van der Waals surface area (Å²) in [6.45, 7) is -1.19. The molecule has 0 aliphatic heterocycles. The highest BCUT2D eigenvalue weighted by atomic mass is 19.4. The van der Waals surface area contributed by atoms with Gasteiger partial charge in [0.15, 0.2) is 5.82 Å². The van der Waals surface area contributed by atoms with Crippen LogP contribution in [0, 0.1) is 0 Å². The first kappa shape index (κ1) is 16.4. The Bertz CT molecular complexity index is 573. The van der Waals surface area contributed by atoms with Crippen molar-refractivity contribution >= 4 is 0 Å². The molecule has 0 aliphatic carbocycles. The lowest BCUT2D eigenvalue weighted by Gasteiger charge is -2.22. The summed E-state index contributed by atoms with van der Waals surface area (Å²) in [5.74, 6) is 0.313. The number of aromatic nitrogens is 4. The fraction of sp³-hybridized carbons (Fsp3) is 0.462. The molecule has 1 heterocycles. The molecule has 22 heavy (non-hydrogen) atoms. The van der Waals surface area contributed by atoms with E-state index >= 15 is 0 Å². The quantitative estimate of drug-likeness (QED) is 0.837. The van der Waals surface area contributed by atoms with Crippen LogP contribution in [0.3, 0.4) is 0 Å². The summed E-state index contributed by atoms with van der Waals surface area (Å²) in [7, 11) is 0. The smallest absolute Gasteiger partial charge is 0.396 e. The first-order chi connectivity index (χ1) is 10.5. The van der Waals surface area contributed by atoms with Crippen molar-refractivity contribution in [3.05, 3.63) is 36.2 Å². The van der Waals surface area contributed by atoms with Gasteiger partial charge in [0.2, 0.25) is 0 Å². The minimum Gasteiger partial charge on any atom is -0.396 e. The van der Waals surface area contributed by atoms with E-state index in [1.54, 1.807) is 24.3 Å². The van der Waals surface area contributed by atoms with Crippen LogP contribution in [0.25, 0.3) is 5.69 Å². The minimum atomic E-state index is -4.32. The van der Waals surface area contributed by atoms with Gasteiger partial charge in [-0.3, -0.25) is 4.90 Å². The second-order valence-electron chi connectivity index (χ2n) is 4.75. The number of para-hydroxylation sites is 1. The van der Waals surface area contributed by atoms with Gasteiger partial charge in [0.25, 0.3) is 0 Å². The van der Waals surface area contributed by atoms with E-state index in [0.29, 0.717) is 11.5 Å². The van der Waals surface area contributed by atoms with Crippen LogP contribution in [-0.4, -0.2) is 56.1 Å². The van der Waals surface area contributed by atoms with Crippen molar-refractivity contribution in [2.45, 2.75) is 19.1 Å². The zero-order valence-electron chi connectivity index (χ0n) is 11.7. The Morgan fingerprint density at radius 2 is 1.91 bits per heavy atom. The van der Waals surface area contributed by atoms with Gasteiger partial charge in [-0.25, -0.2) is 0 Å². The van der Waals surface area contributed by atoms with Crippen LogP contribution in [0.4, 0.5) is 13.2 Å². The maximum absolute atomic E-state index is 12.6. The molecule has 0 atom stereocenters. The second-order valence-corrected chi connectivity index (χ2v) is 4.75. The van der Waals surface area contributed by atoms with Crippen molar-refractivity contribution in [1.29, 1.82) is 0 Å². The van der Waals surface area contributed by atoms with E-state index in [1.807, 2.05) is 6.07 Å². The Morgan fingerprint density at radius 1 is 1.18 bits per heavy atom. The van der Waals surface area contributed by atoms with Gasteiger partial charge in [-0.05, 0) is 29.0 Å². The van der Waals surface area contributed by atoms with E-state index in [0.717, 1.165) is 0 Å². The van der Waals surface area contributed by atoms with Crippen LogP contribution in [0.15, 0.2) is 30.3 Å². The van der Waals surface area contributed by atoms with E-state index in [-0.39, 0.29) is 26.1 Å². The third kappa shape index (κ3) is 4.78. The molecule has 0 unspecified atom stereocenters. The molecule has 1 N–H and O–H groups in total. The molecular formula is C13H16F3N5O. The summed E-state index contributed by atoms with van der Waals surface area (Å²) >= 11 is 0. The number of benzene rings is 1. The molecule has 6 nitrogen and oxygen atoms in total. The molecule has 0 radical (unpaired) electrons. The fourth-order valence-corrected chi connectivity index (χ4v) is 2.04. The standard InChI is InChI=1S/C13H16F3N5O/c14-13(15,16)10-20(7-4-8-22)9-12-17-18-19-21(12)11-5-2-1-3-6-11/h1-3,5-6,22H,4,7-10H2. The van der Waals surface area contributed by atoms with Crippen LogP contribution in [0.1, 0.15) is 12.2 Å². The van der Waals surface area contributed by atoms with E-state index in [2.05, 4.69) is 15.5 Å². The number of aliphatic hydroxyl groups excluding tert-OH is 1. The van der Waals surface area contributed by atoms with Gasteiger partial charge in [-0.15, -0.1) is 5.10 Å². The molecule has 1 aromatic carbocycles. The van der Waals surface area contributed by atoms with Crippen molar-refractivity contribution in [2.75, 3.05) is 19.7 Å². The predicted octanol–water partition coefficient (Wildman–Crippen LogP) is 1.41. The molecule has 9 heteroatoms. The number of hydrogen-bond acceptors (Lipinski definition) is 5. The van der Waals surface area contributed by atoms with E-state index in [1.165, 1.54) is 9.58 Å². The molecular weight excluding hydrogens is 299 g/mol. The number of nitrogens with zero attached hydrogens (tertiary/aromatic N) is 5. The average Bonchev–Trinajstić information content (AvgIpc) is 2.92. The zero-order chi connectivity index (χ0) is 16.0. The third-order valence-corrected chi connectivity index (χ3v) is 2.94. The lowest BCUT2D eigenvalue weighted by Crippen LogP contribution is -2.35. The fourth-order valence-electron chi connectivity index (χ4n) is 2.04. The lowest BCUT2D eigenvalue weighted by molar-refractivity contribution is -0.147. The maximum Gasteiger partial charge on any atom is 0.401 e. The molecule has 0 saturated carbocycles. The first-order valence-electron chi connectivity index (χ1n) is 6.72.